The first kappa shape index (κ1) is 8.94. The topological polar surface area (TPSA) is 55.4 Å². The van der Waals surface area contributed by atoms with Gasteiger partial charge in [-0.25, -0.2) is 0 Å². The van der Waals surface area contributed by atoms with E-state index in [-0.39, 0.29) is 6.54 Å². The highest BCUT2D eigenvalue weighted by Crippen LogP contribution is 1.79. The van der Waals surface area contributed by atoms with E-state index >= 15 is 0 Å². The van der Waals surface area contributed by atoms with Crippen LogP contribution in [0.2, 0.25) is 0 Å². The quantitative estimate of drug-likeness (QED) is 0.426. The van der Waals surface area contributed by atoms with Crippen LogP contribution < -0.4 is 5.32 Å². The number of carbonyl (C=O) groups excluding carboxylic acids is 2. The first-order valence-corrected chi connectivity index (χ1v) is 3.14. The van der Waals surface area contributed by atoms with Crippen molar-refractivity contribution in [2.75, 3.05) is 13.2 Å². The smallest absolute Gasteiger partial charge is 0.325 e. The van der Waals surface area contributed by atoms with Crippen LogP contribution in [0.4, 0.5) is 0 Å². The van der Waals surface area contributed by atoms with E-state index < -0.39 is 5.97 Å². The Hall–Kier alpha value is -1.06. The highest BCUT2D eigenvalue weighted by Gasteiger charge is 1.97. The number of hydrogen-bond acceptors (Lipinski definition) is 3. The number of carbonyl (C=O) groups is 2. The third-order valence-electron chi connectivity index (χ3n) is 0.797. The van der Waals surface area contributed by atoms with Crippen molar-refractivity contribution >= 4 is 12.4 Å². The Bertz CT molecular complexity index is 114. The number of amides is 1. The van der Waals surface area contributed by atoms with Gasteiger partial charge >= 0.3 is 5.97 Å². The summed E-state index contributed by atoms with van der Waals surface area (Å²) in [5.41, 5.74) is 0. The van der Waals surface area contributed by atoms with Gasteiger partial charge in [0.25, 0.3) is 0 Å². The maximum absolute atomic E-state index is 10.5. The Kier molecular flexibility index (Phi) is 5.42. The average Bonchev–Trinajstić information content (AvgIpc) is 1.97. The Morgan fingerprint density at radius 1 is 1.70 bits per heavy atom. The van der Waals surface area contributed by atoms with Crippen LogP contribution in [0.1, 0.15) is 13.3 Å². The molecule has 0 spiro atoms. The summed E-state index contributed by atoms with van der Waals surface area (Å²) in [6.45, 7) is 2.28. The molecule has 0 saturated carbocycles. The summed E-state index contributed by atoms with van der Waals surface area (Å²) in [4.78, 5) is 20.2. The molecule has 0 bridgehead atoms. The minimum absolute atomic E-state index is 0.0382. The van der Waals surface area contributed by atoms with Gasteiger partial charge < -0.3 is 10.1 Å². The van der Waals surface area contributed by atoms with Crippen molar-refractivity contribution in [3.8, 4) is 0 Å². The molecule has 0 aliphatic carbocycles. The van der Waals surface area contributed by atoms with Gasteiger partial charge in [0.1, 0.15) is 6.54 Å². The zero-order chi connectivity index (χ0) is 7.82. The van der Waals surface area contributed by atoms with E-state index in [1.807, 2.05) is 6.92 Å². The van der Waals surface area contributed by atoms with Gasteiger partial charge in [0.05, 0.1) is 6.61 Å². The van der Waals surface area contributed by atoms with Crippen molar-refractivity contribution in [3.63, 3.8) is 0 Å². The molecule has 0 fully saturated rings. The minimum Gasteiger partial charge on any atom is -0.464 e. The highest BCUT2D eigenvalue weighted by atomic mass is 16.5. The summed E-state index contributed by atoms with van der Waals surface area (Å²) >= 11 is 0. The van der Waals surface area contributed by atoms with E-state index in [1.54, 1.807) is 0 Å². The van der Waals surface area contributed by atoms with Gasteiger partial charge in [-0.1, -0.05) is 6.92 Å². The van der Waals surface area contributed by atoms with Gasteiger partial charge in [0.15, 0.2) is 0 Å². The molecule has 0 atom stereocenters. The summed E-state index contributed by atoms with van der Waals surface area (Å²) in [6.07, 6.45) is 1.26. The Morgan fingerprint density at radius 3 is 2.90 bits per heavy atom. The fourth-order valence-corrected chi connectivity index (χ4v) is 0.392. The standard InChI is InChI=1S/C6H11NO3/c1-2-3-10-6(9)4-7-5-8/h5H,2-4H2,1H3,(H,7,8). The molecule has 0 aromatic carbocycles. The second-order valence-electron chi connectivity index (χ2n) is 1.72. The maximum Gasteiger partial charge on any atom is 0.325 e. The molecule has 10 heavy (non-hydrogen) atoms. The normalized spacial score (nSPS) is 8.50. The van der Waals surface area contributed by atoms with Crippen molar-refractivity contribution in [1.82, 2.24) is 5.32 Å². The average molecular weight is 145 g/mol. The van der Waals surface area contributed by atoms with Crippen LogP contribution in [-0.4, -0.2) is 25.5 Å². The second-order valence-corrected chi connectivity index (χ2v) is 1.72. The molecular weight excluding hydrogens is 134 g/mol. The van der Waals surface area contributed by atoms with Crippen LogP contribution in [0.15, 0.2) is 0 Å². The van der Waals surface area contributed by atoms with Crippen LogP contribution in [0.3, 0.4) is 0 Å². The molecule has 1 amide bonds. The zero-order valence-corrected chi connectivity index (χ0v) is 5.92. The van der Waals surface area contributed by atoms with E-state index in [0.717, 1.165) is 6.42 Å². The van der Waals surface area contributed by atoms with Crippen molar-refractivity contribution in [2.45, 2.75) is 13.3 Å². The molecular formula is C6H11NO3. The molecule has 0 aromatic rings. The molecule has 0 aliphatic heterocycles. The fraction of sp³-hybridized carbons (Fsp3) is 0.667. The Labute approximate surface area is 59.6 Å². The van der Waals surface area contributed by atoms with Crippen LogP contribution >= 0.6 is 0 Å². The lowest BCUT2D eigenvalue weighted by Crippen LogP contribution is -2.23. The van der Waals surface area contributed by atoms with E-state index in [1.165, 1.54) is 0 Å². The monoisotopic (exact) mass is 145 g/mol. The number of esters is 1. The summed E-state index contributed by atoms with van der Waals surface area (Å²) in [5.74, 6) is -0.394. The van der Waals surface area contributed by atoms with Gasteiger partial charge in [-0.3, -0.25) is 9.59 Å². The third kappa shape index (κ3) is 5.08. The number of nitrogens with one attached hydrogen (secondary N) is 1. The molecule has 0 heterocycles. The number of ether oxygens (including phenoxy) is 1. The highest BCUT2D eigenvalue weighted by molar-refractivity contribution is 5.73. The van der Waals surface area contributed by atoms with Gasteiger partial charge in [0.2, 0.25) is 6.41 Å². The largest absolute Gasteiger partial charge is 0.464 e. The first-order chi connectivity index (χ1) is 4.81. The Morgan fingerprint density at radius 2 is 2.40 bits per heavy atom. The molecule has 0 aromatic heterocycles. The lowest BCUT2D eigenvalue weighted by atomic mass is 10.5. The Balaban J connectivity index is 3.16. The third-order valence-corrected chi connectivity index (χ3v) is 0.797. The van der Waals surface area contributed by atoms with Gasteiger partial charge in [0, 0.05) is 0 Å². The minimum atomic E-state index is -0.394. The SMILES string of the molecule is CCCOC(=O)CNC=O. The van der Waals surface area contributed by atoms with Gasteiger partial charge in [-0.05, 0) is 6.42 Å². The molecule has 0 saturated heterocycles. The van der Waals surface area contributed by atoms with Crippen LogP contribution in [0.25, 0.3) is 0 Å². The van der Waals surface area contributed by atoms with Crippen molar-refractivity contribution in [1.29, 1.82) is 0 Å². The van der Waals surface area contributed by atoms with Crippen LogP contribution in [0, 0.1) is 0 Å². The molecule has 1 N–H and O–H groups in total. The maximum atomic E-state index is 10.5. The molecule has 0 aliphatic rings. The van der Waals surface area contributed by atoms with E-state index in [0.29, 0.717) is 13.0 Å². The number of hydrogen-bond donors (Lipinski definition) is 1. The van der Waals surface area contributed by atoms with Gasteiger partial charge in [-0.2, -0.15) is 0 Å². The van der Waals surface area contributed by atoms with Crippen molar-refractivity contribution in [3.05, 3.63) is 0 Å². The summed E-state index contributed by atoms with van der Waals surface area (Å²) in [6, 6.07) is 0. The fourth-order valence-electron chi connectivity index (χ4n) is 0.392. The predicted octanol–water partition coefficient (Wildman–Crippen LogP) is -0.314. The molecule has 0 rings (SSSR count). The van der Waals surface area contributed by atoms with E-state index in [9.17, 15) is 9.59 Å². The summed E-state index contributed by atoms with van der Waals surface area (Å²) < 4.78 is 4.63. The first-order valence-electron chi connectivity index (χ1n) is 3.14. The molecule has 0 unspecified atom stereocenters. The van der Waals surface area contributed by atoms with Crippen molar-refractivity contribution in [2.24, 2.45) is 0 Å². The molecule has 58 valence electrons. The second kappa shape index (κ2) is 6.07. The van der Waals surface area contributed by atoms with Crippen molar-refractivity contribution < 1.29 is 14.3 Å². The summed E-state index contributed by atoms with van der Waals surface area (Å²) in [5, 5.41) is 2.20. The van der Waals surface area contributed by atoms with E-state index in [4.69, 9.17) is 0 Å². The van der Waals surface area contributed by atoms with E-state index in [2.05, 4.69) is 10.1 Å². The predicted molar refractivity (Wildman–Crippen MR) is 35.3 cm³/mol. The summed E-state index contributed by atoms with van der Waals surface area (Å²) in [7, 11) is 0. The number of rotatable bonds is 5. The lowest BCUT2D eigenvalue weighted by Gasteiger charge is -2.00. The molecule has 4 heteroatoms. The zero-order valence-electron chi connectivity index (χ0n) is 5.92. The molecule has 4 nitrogen and oxygen atoms in total. The van der Waals surface area contributed by atoms with Gasteiger partial charge in [-0.15, -0.1) is 0 Å². The lowest BCUT2D eigenvalue weighted by molar-refractivity contribution is -0.143. The van der Waals surface area contributed by atoms with Crippen LogP contribution in [0.5, 0.6) is 0 Å². The van der Waals surface area contributed by atoms with Crippen LogP contribution in [-0.2, 0) is 14.3 Å². The molecule has 0 radical (unpaired) electrons.